The molecule has 2 aliphatic heterocycles. The highest BCUT2D eigenvalue weighted by molar-refractivity contribution is 7.88. The number of benzene rings is 1. The number of carboxylic acid groups (broad SMARTS) is 1. The minimum Gasteiger partial charge on any atom is -0.480 e. The van der Waals surface area contributed by atoms with Crippen molar-refractivity contribution in [2.24, 2.45) is 5.92 Å². The van der Waals surface area contributed by atoms with E-state index in [-0.39, 0.29) is 25.4 Å². The third-order valence-electron chi connectivity index (χ3n) is 5.02. The van der Waals surface area contributed by atoms with Crippen molar-refractivity contribution < 1.29 is 23.1 Å². The van der Waals surface area contributed by atoms with Crippen molar-refractivity contribution in [3.8, 4) is 0 Å². The number of carbonyl (C=O) groups is 2. The molecule has 0 saturated carbocycles. The number of fused-ring (bicyclic) bond motifs is 1. The molecule has 1 saturated heterocycles. The normalized spacial score (nSPS) is 24.6. The van der Waals surface area contributed by atoms with Gasteiger partial charge in [-0.1, -0.05) is 24.3 Å². The second kappa shape index (κ2) is 6.76. The minimum atomic E-state index is -3.36. The van der Waals surface area contributed by atoms with Crippen LogP contribution in [0, 0.1) is 5.92 Å². The summed E-state index contributed by atoms with van der Waals surface area (Å²) in [5.41, 5.74) is 1.89. The SMILES string of the molecule is CS(=O)(=O)N1CCCC(C(=O)N2Cc3ccccc3CC2C(=O)O)C1. The first kappa shape index (κ1) is 17.9. The summed E-state index contributed by atoms with van der Waals surface area (Å²) in [6.45, 7) is 0.789. The first-order chi connectivity index (χ1) is 11.8. The molecule has 0 radical (unpaired) electrons. The van der Waals surface area contributed by atoms with Crippen molar-refractivity contribution in [3.05, 3.63) is 35.4 Å². The number of hydrogen-bond donors (Lipinski definition) is 1. The number of carbonyl (C=O) groups excluding carboxylic acids is 1. The molecule has 25 heavy (non-hydrogen) atoms. The third-order valence-corrected chi connectivity index (χ3v) is 6.29. The van der Waals surface area contributed by atoms with Crippen LogP contribution in [0.2, 0.25) is 0 Å². The van der Waals surface area contributed by atoms with Gasteiger partial charge in [0.2, 0.25) is 15.9 Å². The van der Waals surface area contributed by atoms with Gasteiger partial charge in [0.05, 0.1) is 12.2 Å². The molecular weight excluding hydrogens is 344 g/mol. The van der Waals surface area contributed by atoms with Crippen LogP contribution in [0.15, 0.2) is 24.3 Å². The molecule has 7 nitrogen and oxygen atoms in total. The first-order valence-electron chi connectivity index (χ1n) is 8.32. The summed E-state index contributed by atoms with van der Waals surface area (Å²) in [5, 5.41) is 9.56. The second-order valence-corrected chi connectivity index (χ2v) is 8.74. The van der Waals surface area contributed by atoms with E-state index in [1.807, 2.05) is 24.3 Å². The summed E-state index contributed by atoms with van der Waals surface area (Å²) in [6.07, 6.45) is 2.60. The van der Waals surface area contributed by atoms with Crippen molar-refractivity contribution in [1.82, 2.24) is 9.21 Å². The van der Waals surface area contributed by atoms with Gasteiger partial charge in [-0.2, -0.15) is 0 Å². The molecule has 8 heteroatoms. The molecule has 0 aromatic heterocycles. The maximum Gasteiger partial charge on any atom is 0.326 e. The van der Waals surface area contributed by atoms with Gasteiger partial charge in [0.25, 0.3) is 0 Å². The van der Waals surface area contributed by atoms with Crippen LogP contribution < -0.4 is 0 Å². The minimum absolute atomic E-state index is 0.127. The van der Waals surface area contributed by atoms with Gasteiger partial charge >= 0.3 is 5.97 Å². The molecular formula is C17H22N2O5S. The van der Waals surface area contributed by atoms with Gasteiger partial charge in [0, 0.05) is 26.1 Å². The van der Waals surface area contributed by atoms with Crippen LogP contribution in [0.4, 0.5) is 0 Å². The topological polar surface area (TPSA) is 95.0 Å². The summed E-state index contributed by atoms with van der Waals surface area (Å²) in [6, 6.07) is 6.61. The van der Waals surface area contributed by atoms with E-state index in [1.54, 1.807) is 0 Å². The summed E-state index contributed by atoms with van der Waals surface area (Å²) in [5.74, 6) is -1.79. The smallest absolute Gasteiger partial charge is 0.326 e. The van der Waals surface area contributed by atoms with Gasteiger partial charge in [-0.3, -0.25) is 4.79 Å². The number of aliphatic carboxylic acids is 1. The Labute approximate surface area is 147 Å². The zero-order valence-corrected chi connectivity index (χ0v) is 14.9. The summed E-state index contributed by atoms with van der Waals surface area (Å²) < 4.78 is 24.9. The Balaban J connectivity index is 1.83. The summed E-state index contributed by atoms with van der Waals surface area (Å²) >= 11 is 0. The summed E-state index contributed by atoms with van der Waals surface area (Å²) in [7, 11) is -3.36. The zero-order valence-electron chi connectivity index (χ0n) is 14.1. The van der Waals surface area contributed by atoms with Crippen molar-refractivity contribution >= 4 is 21.9 Å². The Morgan fingerprint density at radius 2 is 1.88 bits per heavy atom. The van der Waals surface area contributed by atoms with E-state index in [0.29, 0.717) is 19.4 Å². The standard InChI is InChI=1S/C17H22N2O5S/c1-25(23,24)18-8-4-7-14(10-18)16(20)19-11-13-6-3-2-5-12(13)9-15(19)17(21)22/h2-3,5-6,14-15H,4,7-11H2,1H3,(H,21,22). The Kier molecular flexibility index (Phi) is 4.83. The molecule has 2 atom stereocenters. The predicted molar refractivity (Wildman–Crippen MR) is 91.3 cm³/mol. The predicted octanol–water partition coefficient (Wildman–Crippen LogP) is 0.696. The Morgan fingerprint density at radius 1 is 1.20 bits per heavy atom. The Bertz CT molecular complexity index is 792. The highest BCUT2D eigenvalue weighted by atomic mass is 32.2. The van der Waals surface area contributed by atoms with E-state index in [4.69, 9.17) is 0 Å². The first-order valence-corrected chi connectivity index (χ1v) is 10.2. The molecule has 3 rings (SSSR count). The van der Waals surface area contributed by atoms with Crippen LogP contribution >= 0.6 is 0 Å². The molecule has 0 spiro atoms. The van der Waals surface area contributed by atoms with Crippen molar-refractivity contribution in [2.45, 2.75) is 31.8 Å². The molecule has 2 heterocycles. The van der Waals surface area contributed by atoms with E-state index in [2.05, 4.69) is 0 Å². The number of nitrogens with zero attached hydrogens (tertiary/aromatic N) is 2. The van der Waals surface area contributed by atoms with Crippen LogP contribution in [-0.2, 0) is 32.6 Å². The third kappa shape index (κ3) is 3.69. The van der Waals surface area contributed by atoms with Crippen LogP contribution in [0.3, 0.4) is 0 Å². The number of piperidine rings is 1. The molecule has 1 N–H and O–H groups in total. The summed E-state index contributed by atoms with van der Waals surface area (Å²) in [4.78, 5) is 26.1. The van der Waals surface area contributed by atoms with Gasteiger partial charge in [-0.25, -0.2) is 17.5 Å². The van der Waals surface area contributed by atoms with Crippen LogP contribution in [0.5, 0.6) is 0 Å². The number of sulfonamides is 1. The molecule has 136 valence electrons. The molecule has 1 aromatic carbocycles. The van der Waals surface area contributed by atoms with E-state index in [1.165, 1.54) is 9.21 Å². The van der Waals surface area contributed by atoms with Crippen LogP contribution in [0.1, 0.15) is 24.0 Å². The molecule has 0 bridgehead atoms. The maximum atomic E-state index is 13.0. The average Bonchev–Trinajstić information content (AvgIpc) is 2.59. The molecule has 0 aliphatic carbocycles. The van der Waals surface area contributed by atoms with Gasteiger partial charge in [-0.15, -0.1) is 0 Å². The maximum absolute atomic E-state index is 13.0. The molecule has 1 amide bonds. The molecule has 2 aliphatic rings. The van der Waals surface area contributed by atoms with Crippen molar-refractivity contribution in [1.29, 1.82) is 0 Å². The number of hydrogen-bond acceptors (Lipinski definition) is 4. The fourth-order valence-electron chi connectivity index (χ4n) is 3.65. The molecule has 1 aromatic rings. The number of carboxylic acids is 1. The van der Waals surface area contributed by atoms with E-state index in [9.17, 15) is 23.1 Å². The fraction of sp³-hybridized carbons (Fsp3) is 0.529. The van der Waals surface area contributed by atoms with Gasteiger partial charge < -0.3 is 10.0 Å². The average molecular weight is 366 g/mol. The van der Waals surface area contributed by atoms with Gasteiger partial charge in [-0.05, 0) is 24.0 Å². The lowest BCUT2D eigenvalue weighted by Gasteiger charge is -2.39. The van der Waals surface area contributed by atoms with Crippen molar-refractivity contribution in [2.75, 3.05) is 19.3 Å². The Morgan fingerprint density at radius 3 is 2.52 bits per heavy atom. The fourth-order valence-corrected chi connectivity index (χ4v) is 4.57. The monoisotopic (exact) mass is 366 g/mol. The lowest BCUT2D eigenvalue weighted by molar-refractivity contribution is -0.153. The number of rotatable bonds is 3. The lowest BCUT2D eigenvalue weighted by Crippen LogP contribution is -2.53. The molecule has 2 unspecified atom stereocenters. The quantitative estimate of drug-likeness (QED) is 0.849. The highest BCUT2D eigenvalue weighted by Crippen LogP contribution is 2.28. The Hall–Kier alpha value is -1.93. The van der Waals surface area contributed by atoms with E-state index < -0.39 is 28.0 Å². The van der Waals surface area contributed by atoms with Crippen LogP contribution in [0.25, 0.3) is 0 Å². The zero-order chi connectivity index (χ0) is 18.2. The second-order valence-electron chi connectivity index (χ2n) is 6.75. The molecule has 1 fully saturated rings. The van der Waals surface area contributed by atoms with Gasteiger partial charge in [0.1, 0.15) is 6.04 Å². The van der Waals surface area contributed by atoms with Crippen molar-refractivity contribution in [3.63, 3.8) is 0 Å². The highest BCUT2D eigenvalue weighted by Gasteiger charge is 2.39. The van der Waals surface area contributed by atoms with Crippen LogP contribution in [-0.4, -0.2) is 60.0 Å². The van der Waals surface area contributed by atoms with E-state index in [0.717, 1.165) is 17.4 Å². The van der Waals surface area contributed by atoms with E-state index >= 15 is 0 Å². The van der Waals surface area contributed by atoms with Gasteiger partial charge in [0.15, 0.2) is 0 Å². The largest absolute Gasteiger partial charge is 0.480 e. The number of amides is 1. The lowest BCUT2D eigenvalue weighted by atomic mass is 9.91.